The zero-order chi connectivity index (χ0) is 15.7. The van der Waals surface area contributed by atoms with Crippen molar-refractivity contribution in [2.75, 3.05) is 33.7 Å². The molecule has 4 heteroatoms. The first kappa shape index (κ1) is 16.8. The standard InChI is InChI=1S/C17H32N2O2/c1-14(2)15(20)19-11-9-16(10-12-19)5-7-17(21,8-6-16)13-18(3)4/h14,21H,5-13H2,1-4H3. The lowest BCUT2D eigenvalue weighted by molar-refractivity contribution is -0.138. The Morgan fingerprint density at radius 3 is 2.05 bits per heavy atom. The number of likely N-dealkylation sites (N-methyl/N-ethyl adjacent to an activating group) is 1. The second-order valence-electron chi connectivity index (χ2n) is 7.94. The van der Waals surface area contributed by atoms with Gasteiger partial charge in [-0.25, -0.2) is 0 Å². The maximum absolute atomic E-state index is 12.1. The smallest absolute Gasteiger partial charge is 0.225 e. The van der Waals surface area contributed by atoms with Gasteiger partial charge in [-0.3, -0.25) is 4.79 Å². The molecule has 1 N–H and O–H groups in total. The van der Waals surface area contributed by atoms with Gasteiger partial charge < -0.3 is 14.9 Å². The minimum absolute atomic E-state index is 0.107. The molecule has 1 aliphatic carbocycles. The molecule has 1 saturated heterocycles. The van der Waals surface area contributed by atoms with E-state index >= 15 is 0 Å². The number of likely N-dealkylation sites (tertiary alicyclic amines) is 1. The number of piperidine rings is 1. The van der Waals surface area contributed by atoms with Crippen LogP contribution in [-0.4, -0.2) is 60.1 Å². The predicted molar refractivity (Wildman–Crippen MR) is 85.1 cm³/mol. The Balaban J connectivity index is 1.87. The van der Waals surface area contributed by atoms with Gasteiger partial charge in [0.15, 0.2) is 0 Å². The highest BCUT2D eigenvalue weighted by Crippen LogP contribution is 2.47. The van der Waals surface area contributed by atoms with Gasteiger partial charge in [0.2, 0.25) is 5.91 Å². The summed E-state index contributed by atoms with van der Waals surface area (Å²) in [5.74, 6) is 0.403. The van der Waals surface area contributed by atoms with Gasteiger partial charge in [-0.1, -0.05) is 13.8 Å². The van der Waals surface area contributed by atoms with E-state index in [2.05, 4.69) is 4.90 Å². The molecule has 1 aliphatic heterocycles. The van der Waals surface area contributed by atoms with Crippen LogP contribution < -0.4 is 0 Å². The van der Waals surface area contributed by atoms with Crippen LogP contribution in [0.5, 0.6) is 0 Å². The molecule has 4 nitrogen and oxygen atoms in total. The topological polar surface area (TPSA) is 43.8 Å². The largest absolute Gasteiger partial charge is 0.389 e. The number of amides is 1. The Hall–Kier alpha value is -0.610. The molecule has 1 spiro atoms. The first-order valence-electron chi connectivity index (χ1n) is 8.41. The summed E-state index contributed by atoms with van der Waals surface area (Å²) < 4.78 is 0. The summed E-state index contributed by atoms with van der Waals surface area (Å²) in [7, 11) is 4.05. The van der Waals surface area contributed by atoms with E-state index in [0.717, 1.165) is 58.2 Å². The normalized spacial score (nSPS) is 24.8. The summed E-state index contributed by atoms with van der Waals surface area (Å²) in [6.45, 7) is 6.54. The molecule has 0 atom stereocenters. The zero-order valence-corrected chi connectivity index (χ0v) is 14.2. The molecule has 0 bridgehead atoms. The van der Waals surface area contributed by atoms with E-state index in [9.17, 15) is 9.90 Å². The molecule has 0 radical (unpaired) electrons. The Morgan fingerprint density at radius 2 is 1.62 bits per heavy atom. The summed E-state index contributed by atoms with van der Waals surface area (Å²) in [6.07, 6.45) is 6.27. The van der Waals surface area contributed by atoms with Crippen LogP contribution >= 0.6 is 0 Å². The van der Waals surface area contributed by atoms with Crippen LogP contribution in [0.25, 0.3) is 0 Å². The van der Waals surface area contributed by atoms with Gasteiger partial charge in [-0.05, 0) is 58.0 Å². The van der Waals surface area contributed by atoms with Crippen LogP contribution in [0.3, 0.4) is 0 Å². The summed E-state index contributed by atoms with van der Waals surface area (Å²) in [4.78, 5) is 16.2. The highest BCUT2D eigenvalue weighted by Gasteiger charge is 2.43. The Morgan fingerprint density at radius 1 is 1.10 bits per heavy atom. The average molecular weight is 296 g/mol. The van der Waals surface area contributed by atoms with Gasteiger partial charge in [0, 0.05) is 25.6 Å². The van der Waals surface area contributed by atoms with Gasteiger partial charge in [0.25, 0.3) is 0 Å². The average Bonchev–Trinajstić information content (AvgIpc) is 2.42. The van der Waals surface area contributed by atoms with Crippen molar-refractivity contribution in [2.24, 2.45) is 11.3 Å². The van der Waals surface area contributed by atoms with Crippen LogP contribution in [0.15, 0.2) is 0 Å². The summed E-state index contributed by atoms with van der Waals surface area (Å²) in [5.41, 5.74) is -0.119. The van der Waals surface area contributed by atoms with E-state index in [-0.39, 0.29) is 5.92 Å². The van der Waals surface area contributed by atoms with E-state index < -0.39 is 5.60 Å². The minimum Gasteiger partial charge on any atom is -0.389 e. The third-order valence-electron chi connectivity index (χ3n) is 5.48. The molecule has 2 aliphatic rings. The lowest BCUT2D eigenvalue weighted by Crippen LogP contribution is -2.50. The lowest BCUT2D eigenvalue weighted by atomic mass is 9.64. The van der Waals surface area contributed by atoms with Crippen molar-refractivity contribution in [3.63, 3.8) is 0 Å². The summed E-state index contributed by atoms with van der Waals surface area (Å²) >= 11 is 0. The van der Waals surface area contributed by atoms with E-state index in [4.69, 9.17) is 0 Å². The first-order chi connectivity index (χ1) is 9.75. The van der Waals surface area contributed by atoms with Gasteiger partial charge in [0.1, 0.15) is 0 Å². The fourth-order valence-corrected chi connectivity index (χ4v) is 4.06. The van der Waals surface area contributed by atoms with E-state index in [1.807, 2.05) is 32.8 Å². The predicted octanol–water partition coefficient (Wildman–Crippen LogP) is 2.12. The van der Waals surface area contributed by atoms with E-state index in [1.165, 1.54) is 0 Å². The van der Waals surface area contributed by atoms with Crippen LogP contribution in [0.4, 0.5) is 0 Å². The second-order valence-corrected chi connectivity index (χ2v) is 7.94. The molecule has 21 heavy (non-hydrogen) atoms. The Kier molecular flexibility index (Phi) is 4.99. The summed E-state index contributed by atoms with van der Waals surface area (Å²) in [6, 6.07) is 0. The number of carbonyl (C=O) groups excluding carboxylic acids is 1. The number of hydrogen-bond acceptors (Lipinski definition) is 3. The second kappa shape index (κ2) is 6.25. The Labute approximate surface area is 129 Å². The van der Waals surface area contributed by atoms with Crippen molar-refractivity contribution in [2.45, 2.75) is 58.0 Å². The SMILES string of the molecule is CC(C)C(=O)N1CCC2(CC1)CCC(O)(CN(C)C)CC2. The highest BCUT2D eigenvalue weighted by molar-refractivity contribution is 5.78. The van der Waals surface area contributed by atoms with E-state index in [0.29, 0.717) is 11.3 Å². The van der Waals surface area contributed by atoms with Crippen LogP contribution in [0.2, 0.25) is 0 Å². The third-order valence-corrected chi connectivity index (χ3v) is 5.48. The number of nitrogens with zero attached hydrogens (tertiary/aromatic N) is 2. The number of carbonyl (C=O) groups is 1. The van der Waals surface area contributed by atoms with Crippen molar-refractivity contribution in [1.29, 1.82) is 0 Å². The monoisotopic (exact) mass is 296 g/mol. The van der Waals surface area contributed by atoms with Crippen LogP contribution in [0, 0.1) is 11.3 Å². The molecule has 2 fully saturated rings. The first-order valence-corrected chi connectivity index (χ1v) is 8.41. The van der Waals surface area contributed by atoms with Crippen molar-refractivity contribution in [1.82, 2.24) is 9.80 Å². The quantitative estimate of drug-likeness (QED) is 0.867. The van der Waals surface area contributed by atoms with Gasteiger partial charge in [-0.15, -0.1) is 0 Å². The fourth-order valence-electron chi connectivity index (χ4n) is 4.06. The van der Waals surface area contributed by atoms with Gasteiger partial charge in [0.05, 0.1) is 5.60 Å². The molecule has 0 aromatic heterocycles. The molecule has 2 rings (SSSR count). The maximum Gasteiger partial charge on any atom is 0.225 e. The highest BCUT2D eigenvalue weighted by atomic mass is 16.3. The fraction of sp³-hybridized carbons (Fsp3) is 0.941. The lowest BCUT2D eigenvalue weighted by Gasteiger charge is -2.49. The minimum atomic E-state index is -0.500. The third kappa shape index (κ3) is 3.98. The number of hydrogen-bond donors (Lipinski definition) is 1. The maximum atomic E-state index is 12.1. The zero-order valence-electron chi connectivity index (χ0n) is 14.2. The van der Waals surface area contributed by atoms with Crippen molar-refractivity contribution < 1.29 is 9.90 Å². The molecule has 1 amide bonds. The Bertz CT molecular complexity index is 361. The summed E-state index contributed by atoms with van der Waals surface area (Å²) in [5, 5.41) is 10.7. The van der Waals surface area contributed by atoms with Crippen molar-refractivity contribution in [3.8, 4) is 0 Å². The number of aliphatic hydroxyl groups is 1. The molecule has 1 saturated carbocycles. The van der Waals surface area contributed by atoms with Crippen molar-refractivity contribution >= 4 is 5.91 Å². The van der Waals surface area contributed by atoms with Crippen LogP contribution in [-0.2, 0) is 4.79 Å². The number of rotatable bonds is 3. The van der Waals surface area contributed by atoms with Crippen molar-refractivity contribution in [3.05, 3.63) is 0 Å². The molecule has 0 aromatic rings. The molecular formula is C17H32N2O2. The molecule has 0 aromatic carbocycles. The molecule has 0 unspecified atom stereocenters. The van der Waals surface area contributed by atoms with Gasteiger partial charge in [-0.2, -0.15) is 0 Å². The molecular weight excluding hydrogens is 264 g/mol. The molecule has 122 valence electrons. The van der Waals surface area contributed by atoms with Crippen LogP contribution in [0.1, 0.15) is 52.4 Å². The molecule has 1 heterocycles. The van der Waals surface area contributed by atoms with E-state index in [1.54, 1.807) is 0 Å². The van der Waals surface area contributed by atoms with Gasteiger partial charge >= 0.3 is 0 Å².